The Morgan fingerprint density at radius 1 is 0.517 bits per heavy atom. The molecule has 0 aliphatic heterocycles. The van der Waals surface area contributed by atoms with Crippen LogP contribution in [-0.2, 0) is 0 Å². The lowest BCUT2D eigenvalue weighted by Gasteiger charge is -2.27. The molecule has 1 nitrogen and oxygen atoms in total. The van der Waals surface area contributed by atoms with Gasteiger partial charge in [-0.2, -0.15) is 0 Å². The lowest BCUT2D eigenvalue weighted by atomic mass is 10.2. The molecule has 0 aliphatic rings. The first kappa shape index (κ1) is 21.2. The third-order valence-corrected chi connectivity index (χ3v) is 9.37. The van der Waals surface area contributed by atoms with Gasteiger partial charge in [0.15, 0.2) is 0 Å². The Hall–Kier alpha value is -2.54. The second kappa shape index (κ2) is 9.78. The van der Waals surface area contributed by atoms with Gasteiger partial charge in [-0.05, 0) is 36.4 Å². The lowest BCUT2D eigenvalue weighted by molar-refractivity contribution is -0.0000132. The second-order valence-corrected chi connectivity index (χ2v) is 10.2. The zero-order valence-corrected chi connectivity index (χ0v) is 18.5. The summed E-state index contributed by atoms with van der Waals surface area (Å²) in [4.78, 5) is 13.4. The van der Waals surface area contributed by atoms with Crippen molar-refractivity contribution in [1.29, 1.82) is 0 Å². The van der Waals surface area contributed by atoms with Gasteiger partial charge in [0.05, 0.1) is 0 Å². The van der Waals surface area contributed by atoms with Crippen LogP contribution >= 0.6 is 7.26 Å². The maximum atomic E-state index is 13.4. The molecule has 0 amide bonds. The van der Waals surface area contributed by atoms with Crippen LogP contribution in [0.5, 0.6) is 0 Å². The van der Waals surface area contributed by atoms with Gasteiger partial charge in [0, 0.05) is 5.56 Å². The molecule has 0 heterocycles. The number of benzene rings is 4. The first-order chi connectivity index (χ1) is 13.8. The largest absolute Gasteiger partial charge is 1.00 e. The van der Waals surface area contributed by atoms with Gasteiger partial charge in [-0.1, -0.05) is 84.9 Å². The lowest BCUT2D eigenvalue weighted by Crippen LogP contribution is -3.00. The Labute approximate surface area is 183 Å². The predicted octanol–water partition coefficient (Wildman–Crippen LogP) is 1.87. The SMILES string of the molecule is O=C(C[P+](c1ccccc1)(c1ccccc1)c1ccccc1)c1ccccc1.[Br-]. The molecule has 4 aromatic carbocycles. The summed E-state index contributed by atoms with van der Waals surface area (Å²) < 4.78 is 0. The van der Waals surface area contributed by atoms with Gasteiger partial charge >= 0.3 is 0 Å². The molecule has 0 fully saturated rings. The third-order valence-electron chi connectivity index (χ3n) is 5.07. The topological polar surface area (TPSA) is 17.1 Å². The van der Waals surface area contributed by atoms with E-state index in [1.807, 2.05) is 48.5 Å². The van der Waals surface area contributed by atoms with E-state index < -0.39 is 7.26 Å². The molecule has 4 rings (SSSR count). The number of hydrogen-bond donors (Lipinski definition) is 0. The number of halogens is 1. The Bertz CT molecular complexity index is 938. The van der Waals surface area contributed by atoms with Crippen molar-refractivity contribution in [2.75, 3.05) is 6.16 Å². The molecular weight excluding hydrogens is 439 g/mol. The third kappa shape index (κ3) is 4.40. The molecule has 0 radical (unpaired) electrons. The van der Waals surface area contributed by atoms with Crippen molar-refractivity contribution in [2.45, 2.75) is 0 Å². The number of rotatable bonds is 6. The Balaban J connectivity index is 0.00000240. The van der Waals surface area contributed by atoms with E-state index in [-0.39, 0.29) is 22.8 Å². The Morgan fingerprint density at radius 3 is 1.17 bits per heavy atom. The maximum Gasteiger partial charge on any atom is 0.201 e. The van der Waals surface area contributed by atoms with Crippen molar-refractivity contribution in [1.82, 2.24) is 0 Å². The first-order valence-corrected chi connectivity index (χ1v) is 11.4. The fourth-order valence-corrected chi connectivity index (χ4v) is 7.80. The molecule has 0 aromatic heterocycles. The van der Waals surface area contributed by atoms with Crippen LogP contribution in [0, 0.1) is 0 Å². The molecular formula is C26H22BrOP. The standard InChI is InChI=1S/C26H22OP.BrH/c27-26(22-13-5-1-6-14-22)21-28(23-15-7-2-8-16-23,24-17-9-3-10-18-24)25-19-11-4-12-20-25;/h1-20H,21H2;1H/q+1;/p-1. The average Bonchev–Trinajstić information content (AvgIpc) is 2.80. The molecule has 0 saturated heterocycles. The summed E-state index contributed by atoms with van der Waals surface area (Å²) in [6.07, 6.45) is 0.481. The zero-order valence-electron chi connectivity index (χ0n) is 16.0. The van der Waals surface area contributed by atoms with E-state index in [9.17, 15) is 4.79 Å². The molecule has 0 unspecified atom stereocenters. The van der Waals surface area contributed by atoms with Gasteiger partial charge in [0.25, 0.3) is 0 Å². The number of ketones is 1. The first-order valence-electron chi connectivity index (χ1n) is 9.44. The molecule has 4 aromatic rings. The van der Waals surface area contributed by atoms with E-state index >= 15 is 0 Å². The molecule has 0 atom stereocenters. The monoisotopic (exact) mass is 460 g/mol. The summed E-state index contributed by atoms with van der Waals surface area (Å²) in [5, 5.41) is 3.70. The summed E-state index contributed by atoms with van der Waals surface area (Å²) in [7, 11) is -2.12. The summed E-state index contributed by atoms with van der Waals surface area (Å²) in [5.41, 5.74) is 0.773. The van der Waals surface area contributed by atoms with E-state index in [1.54, 1.807) is 0 Å². The summed E-state index contributed by atoms with van der Waals surface area (Å²) in [6, 6.07) is 41.2. The van der Waals surface area contributed by atoms with Gasteiger partial charge < -0.3 is 17.0 Å². The van der Waals surface area contributed by atoms with Crippen molar-refractivity contribution in [2.24, 2.45) is 0 Å². The van der Waals surface area contributed by atoms with Gasteiger partial charge in [-0.25, -0.2) is 0 Å². The van der Waals surface area contributed by atoms with Crippen molar-refractivity contribution >= 4 is 29.0 Å². The minimum atomic E-state index is -2.12. The molecule has 0 N–H and O–H groups in total. The van der Waals surface area contributed by atoms with Crippen molar-refractivity contribution < 1.29 is 21.8 Å². The van der Waals surface area contributed by atoms with Crippen LogP contribution in [0.25, 0.3) is 0 Å². The van der Waals surface area contributed by atoms with Gasteiger partial charge in [0.2, 0.25) is 5.78 Å². The quantitative estimate of drug-likeness (QED) is 0.317. The zero-order chi connectivity index (χ0) is 19.2. The number of Topliss-reactive ketones (excluding diaryl/α,β-unsaturated/α-hetero) is 1. The molecule has 0 spiro atoms. The Morgan fingerprint density at radius 2 is 0.828 bits per heavy atom. The normalized spacial score (nSPS) is 10.8. The average molecular weight is 461 g/mol. The predicted molar refractivity (Wildman–Crippen MR) is 121 cm³/mol. The minimum absolute atomic E-state index is 0. The smallest absolute Gasteiger partial charge is 0.201 e. The minimum Gasteiger partial charge on any atom is -1.00 e. The molecule has 29 heavy (non-hydrogen) atoms. The summed E-state index contributed by atoms with van der Waals surface area (Å²) >= 11 is 0. The van der Waals surface area contributed by atoms with Crippen molar-refractivity contribution in [3.05, 3.63) is 127 Å². The van der Waals surface area contributed by atoms with Crippen molar-refractivity contribution in [3.8, 4) is 0 Å². The molecule has 0 aliphatic carbocycles. The second-order valence-electron chi connectivity index (χ2n) is 6.76. The van der Waals surface area contributed by atoms with E-state index in [0.29, 0.717) is 6.16 Å². The molecule has 3 heteroatoms. The highest BCUT2D eigenvalue weighted by Gasteiger charge is 2.47. The van der Waals surface area contributed by atoms with E-state index in [4.69, 9.17) is 0 Å². The van der Waals surface area contributed by atoms with E-state index in [0.717, 1.165) is 5.56 Å². The van der Waals surface area contributed by atoms with Crippen LogP contribution < -0.4 is 32.9 Å². The molecule has 0 bridgehead atoms. The van der Waals surface area contributed by atoms with Crippen LogP contribution in [0.3, 0.4) is 0 Å². The highest BCUT2D eigenvalue weighted by Crippen LogP contribution is 2.55. The van der Waals surface area contributed by atoms with Crippen LogP contribution in [-0.4, -0.2) is 11.9 Å². The van der Waals surface area contributed by atoms with E-state index in [2.05, 4.69) is 72.8 Å². The van der Waals surface area contributed by atoms with Crippen LogP contribution in [0.4, 0.5) is 0 Å². The highest BCUT2D eigenvalue weighted by atomic mass is 79.9. The van der Waals surface area contributed by atoms with Gasteiger partial charge in [-0.3, -0.25) is 4.79 Å². The van der Waals surface area contributed by atoms with Crippen LogP contribution in [0.2, 0.25) is 0 Å². The fraction of sp³-hybridized carbons (Fsp3) is 0.0385. The van der Waals surface area contributed by atoms with Crippen LogP contribution in [0.1, 0.15) is 10.4 Å². The van der Waals surface area contributed by atoms with E-state index in [1.165, 1.54) is 15.9 Å². The molecule has 0 saturated carbocycles. The highest BCUT2D eigenvalue weighted by molar-refractivity contribution is 7.96. The number of carbonyl (C=O) groups excluding carboxylic acids is 1. The summed E-state index contributed by atoms with van der Waals surface area (Å²) in [6.45, 7) is 0. The van der Waals surface area contributed by atoms with Gasteiger partial charge in [0.1, 0.15) is 29.3 Å². The molecule has 144 valence electrons. The van der Waals surface area contributed by atoms with Gasteiger partial charge in [-0.15, -0.1) is 0 Å². The Kier molecular flexibility index (Phi) is 7.14. The maximum absolute atomic E-state index is 13.4. The fourth-order valence-electron chi connectivity index (χ4n) is 3.70. The number of carbonyl (C=O) groups is 1. The van der Waals surface area contributed by atoms with Crippen LogP contribution in [0.15, 0.2) is 121 Å². The number of hydrogen-bond acceptors (Lipinski definition) is 1. The summed E-state index contributed by atoms with van der Waals surface area (Å²) in [5.74, 6) is 0.186. The van der Waals surface area contributed by atoms with Crippen molar-refractivity contribution in [3.63, 3.8) is 0 Å².